The SMILES string of the molecule is CCCC(NC)C1(C(=O)O)CC1. The van der Waals surface area contributed by atoms with Gasteiger partial charge in [-0.15, -0.1) is 0 Å². The van der Waals surface area contributed by atoms with Gasteiger partial charge in [-0.2, -0.15) is 0 Å². The maximum atomic E-state index is 10.9. The lowest BCUT2D eigenvalue weighted by molar-refractivity contribution is -0.144. The van der Waals surface area contributed by atoms with E-state index in [9.17, 15) is 4.79 Å². The lowest BCUT2D eigenvalue weighted by atomic mass is 9.93. The summed E-state index contributed by atoms with van der Waals surface area (Å²) < 4.78 is 0. The summed E-state index contributed by atoms with van der Waals surface area (Å²) in [4.78, 5) is 10.9. The maximum absolute atomic E-state index is 10.9. The fourth-order valence-corrected chi connectivity index (χ4v) is 1.83. The average Bonchev–Trinajstić information content (AvgIpc) is 2.80. The van der Waals surface area contributed by atoms with Crippen molar-refractivity contribution in [1.29, 1.82) is 0 Å². The molecule has 1 fully saturated rings. The third-order valence-electron chi connectivity index (χ3n) is 2.81. The number of rotatable bonds is 5. The van der Waals surface area contributed by atoms with Gasteiger partial charge in [-0.25, -0.2) is 0 Å². The van der Waals surface area contributed by atoms with E-state index in [1.54, 1.807) is 0 Å². The average molecular weight is 171 g/mol. The van der Waals surface area contributed by atoms with Gasteiger partial charge in [0.1, 0.15) is 0 Å². The van der Waals surface area contributed by atoms with E-state index in [0.29, 0.717) is 0 Å². The van der Waals surface area contributed by atoms with Gasteiger partial charge < -0.3 is 10.4 Å². The third-order valence-corrected chi connectivity index (χ3v) is 2.81. The molecule has 70 valence electrons. The molecule has 0 aliphatic heterocycles. The molecule has 0 bridgehead atoms. The molecule has 1 unspecified atom stereocenters. The van der Waals surface area contributed by atoms with Gasteiger partial charge in [0, 0.05) is 6.04 Å². The van der Waals surface area contributed by atoms with Crippen LogP contribution in [0.25, 0.3) is 0 Å². The highest BCUT2D eigenvalue weighted by Gasteiger charge is 2.55. The largest absolute Gasteiger partial charge is 0.481 e. The predicted octanol–water partition coefficient (Wildman–Crippen LogP) is 1.24. The van der Waals surface area contributed by atoms with E-state index in [2.05, 4.69) is 12.2 Å². The Morgan fingerprint density at radius 2 is 2.25 bits per heavy atom. The summed E-state index contributed by atoms with van der Waals surface area (Å²) in [6.45, 7) is 2.09. The Labute approximate surface area is 73.2 Å². The topological polar surface area (TPSA) is 49.3 Å². The van der Waals surface area contributed by atoms with E-state index in [1.807, 2.05) is 7.05 Å². The van der Waals surface area contributed by atoms with Crippen molar-refractivity contribution in [2.75, 3.05) is 7.05 Å². The third kappa shape index (κ3) is 1.46. The molecular weight excluding hydrogens is 154 g/mol. The van der Waals surface area contributed by atoms with Gasteiger partial charge in [-0.05, 0) is 26.3 Å². The molecular formula is C9H17NO2. The van der Waals surface area contributed by atoms with Crippen LogP contribution in [0.2, 0.25) is 0 Å². The van der Waals surface area contributed by atoms with E-state index in [4.69, 9.17) is 5.11 Å². The standard InChI is InChI=1S/C9H17NO2/c1-3-4-7(10-2)9(5-6-9)8(11)12/h7,10H,3-6H2,1-2H3,(H,11,12). The van der Waals surface area contributed by atoms with Crippen molar-refractivity contribution in [3.8, 4) is 0 Å². The fourth-order valence-electron chi connectivity index (χ4n) is 1.83. The molecule has 0 radical (unpaired) electrons. The zero-order valence-corrected chi connectivity index (χ0v) is 7.76. The van der Waals surface area contributed by atoms with Crippen molar-refractivity contribution in [3.05, 3.63) is 0 Å². The molecule has 1 saturated carbocycles. The second kappa shape index (κ2) is 3.44. The number of aliphatic carboxylic acids is 1. The second-order valence-electron chi connectivity index (χ2n) is 3.59. The molecule has 1 rings (SSSR count). The normalized spacial score (nSPS) is 21.8. The second-order valence-corrected chi connectivity index (χ2v) is 3.59. The summed E-state index contributed by atoms with van der Waals surface area (Å²) >= 11 is 0. The number of carboxylic acids is 1. The Kier molecular flexibility index (Phi) is 2.73. The number of carbonyl (C=O) groups is 1. The number of hydrogen-bond acceptors (Lipinski definition) is 2. The first-order chi connectivity index (χ1) is 5.67. The van der Waals surface area contributed by atoms with Crippen LogP contribution in [0, 0.1) is 5.41 Å². The fraction of sp³-hybridized carbons (Fsp3) is 0.889. The van der Waals surface area contributed by atoms with Crippen LogP contribution >= 0.6 is 0 Å². The lowest BCUT2D eigenvalue weighted by Crippen LogP contribution is -2.39. The quantitative estimate of drug-likeness (QED) is 0.654. The van der Waals surface area contributed by atoms with Crippen molar-refractivity contribution in [2.45, 2.75) is 38.6 Å². The van der Waals surface area contributed by atoms with Crippen molar-refractivity contribution in [1.82, 2.24) is 5.32 Å². The monoisotopic (exact) mass is 171 g/mol. The van der Waals surface area contributed by atoms with E-state index < -0.39 is 11.4 Å². The first-order valence-corrected chi connectivity index (χ1v) is 4.58. The highest BCUT2D eigenvalue weighted by atomic mass is 16.4. The molecule has 0 aromatic heterocycles. The maximum Gasteiger partial charge on any atom is 0.311 e. The lowest BCUT2D eigenvalue weighted by Gasteiger charge is -2.22. The minimum atomic E-state index is -0.629. The van der Waals surface area contributed by atoms with E-state index in [1.165, 1.54) is 0 Å². The summed E-state index contributed by atoms with van der Waals surface area (Å²) in [7, 11) is 1.85. The van der Waals surface area contributed by atoms with Gasteiger partial charge in [0.25, 0.3) is 0 Å². The van der Waals surface area contributed by atoms with Crippen molar-refractivity contribution < 1.29 is 9.90 Å². The molecule has 0 amide bonds. The molecule has 0 heterocycles. The van der Waals surface area contributed by atoms with Crippen LogP contribution in [0.3, 0.4) is 0 Å². The molecule has 1 aliphatic rings. The number of carboxylic acid groups (broad SMARTS) is 1. The van der Waals surface area contributed by atoms with E-state index in [0.717, 1.165) is 25.7 Å². The summed E-state index contributed by atoms with van der Waals surface area (Å²) in [6, 6.07) is 0.167. The van der Waals surface area contributed by atoms with Gasteiger partial charge in [0.05, 0.1) is 5.41 Å². The van der Waals surface area contributed by atoms with Gasteiger partial charge in [-0.3, -0.25) is 4.79 Å². The Bertz CT molecular complexity index is 175. The van der Waals surface area contributed by atoms with Crippen LogP contribution in [-0.4, -0.2) is 24.2 Å². The molecule has 2 N–H and O–H groups in total. The molecule has 0 spiro atoms. The van der Waals surface area contributed by atoms with Crippen molar-refractivity contribution >= 4 is 5.97 Å². The highest BCUT2D eigenvalue weighted by Crippen LogP contribution is 2.50. The van der Waals surface area contributed by atoms with Gasteiger partial charge in [0.2, 0.25) is 0 Å². The molecule has 1 aliphatic carbocycles. The minimum Gasteiger partial charge on any atom is -0.481 e. The van der Waals surface area contributed by atoms with Crippen LogP contribution < -0.4 is 5.32 Å². The molecule has 3 heteroatoms. The smallest absolute Gasteiger partial charge is 0.311 e. The first kappa shape index (κ1) is 9.52. The summed E-state index contributed by atoms with van der Waals surface area (Å²) in [5.74, 6) is -0.629. The number of nitrogens with one attached hydrogen (secondary N) is 1. The van der Waals surface area contributed by atoms with Crippen LogP contribution in [-0.2, 0) is 4.79 Å². The highest BCUT2D eigenvalue weighted by molar-refractivity contribution is 5.78. The predicted molar refractivity (Wildman–Crippen MR) is 47.1 cm³/mol. The van der Waals surface area contributed by atoms with Crippen LogP contribution in [0.1, 0.15) is 32.6 Å². The Morgan fingerprint density at radius 1 is 1.67 bits per heavy atom. The molecule has 3 nitrogen and oxygen atoms in total. The molecule has 0 saturated heterocycles. The van der Waals surface area contributed by atoms with Gasteiger partial charge in [0.15, 0.2) is 0 Å². The Morgan fingerprint density at radius 3 is 2.50 bits per heavy atom. The van der Waals surface area contributed by atoms with Crippen molar-refractivity contribution in [2.24, 2.45) is 5.41 Å². The zero-order valence-electron chi connectivity index (χ0n) is 7.76. The van der Waals surface area contributed by atoms with Gasteiger partial charge in [-0.1, -0.05) is 13.3 Å². The Balaban J connectivity index is 2.58. The Hall–Kier alpha value is -0.570. The number of hydrogen-bond donors (Lipinski definition) is 2. The minimum absolute atomic E-state index is 0.167. The first-order valence-electron chi connectivity index (χ1n) is 4.58. The summed E-state index contributed by atoms with van der Waals surface area (Å²) in [5.41, 5.74) is -0.426. The molecule has 0 aromatic rings. The molecule has 12 heavy (non-hydrogen) atoms. The van der Waals surface area contributed by atoms with Gasteiger partial charge >= 0.3 is 5.97 Å². The van der Waals surface area contributed by atoms with Crippen LogP contribution in [0.4, 0.5) is 0 Å². The molecule has 1 atom stereocenters. The van der Waals surface area contributed by atoms with E-state index in [-0.39, 0.29) is 6.04 Å². The van der Waals surface area contributed by atoms with Crippen LogP contribution in [0.5, 0.6) is 0 Å². The van der Waals surface area contributed by atoms with Crippen molar-refractivity contribution in [3.63, 3.8) is 0 Å². The molecule has 0 aromatic carbocycles. The van der Waals surface area contributed by atoms with E-state index >= 15 is 0 Å². The zero-order chi connectivity index (χ0) is 9.19. The summed E-state index contributed by atoms with van der Waals surface area (Å²) in [5, 5.41) is 12.1. The summed E-state index contributed by atoms with van der Waals surface area (Å²) in [6.07, 6.45) is 3.69. The van der Waals surface area contributed by atoms with Crippen LogP contribution in [0.15, 0.2) is 0 Å².